The van der Waals surface area contributed by atoms with Crippen molar-refractivity contribution >= 4 is 35.1 Å². The Morgan fingerprint density at radius 2 is 1.72 bits per heavy atom. The van der Waals surface area contributed by atoms with Crippen molar-refractivity contribution in [3.05, 3.63) is 102 Å². The fourth-order valence-electron chi connectivity index (χ4n) is 5.47. The predicted molar refractivity (Wildman–Crippen MR) is 178 cm³/mol. The molecule has 0 aromatic heterocycles. The SMILES string of the molecule is Cc1ccc(C)c(OCCCC(C)(C)C(=O)OCCCC#CB2Nc3cccc4cccc(c34)N2Cc2ccccc2)c1. The van der Waals surface area contributed by atoms with E-state index in [1.54, 1.807) is 0 Å². The first-order valence-electron chi connectivity index (χ1n) is 15.3. The Hall–Kier alpha value is -4.37. The van der Waals surface area contributed by atoms with E-state index in [9.17, 15) is 4.79 Å². The van der Waals surface area contributed by atoms with E-state index < -0.39 is 5.41 Å². The van der Waals surface area contributed by atoms with Gasteiger partial charge in [0, 0.05) is 29.7 Å². The molecule has 0 spiro atoms. The van der Waals surface area contributed by atoms with Crippen molar-refractivity contribution in [1.82, 2.24) is 0 Å². The van der Waals surface area contributed by atoms with Crippen molar-refractivity contribution in [2.45, 2.75) is 59.9 Å². The Bertz CT molecular complexity index is 1620. The van der Waals surface area contributed by atoms with Gasteiger partial charge in [0.05, 0.1) is 18.6 Å². The lowest BCUT2D eigenvalue weighted by Crippen LogP contribution is -2.47. The standard InChI is InChI=1S/C37H41BN2O3/c1-28-20-21-29(2)34(26-28)42-25-13-22-37(3,4)36(41)43-24-10-6-9-23-38-39-32-18-11-16-31-17-12-19-33(35(31)32)40(38)27-30-14-7-5-8-15-30/h5,7-8,11-12,14-21,26,39H,6,10,13,22,24-25,27H2,1-4H3. The van der Waals surface area contributed by atoms with Crippen LogP contribution in [0.1, 0.15) is 56.2 Å². The summed E-state index contributed by atoms with van der Waals surface area (Å²) in [4.78, 5) is 15.2. The monoisotopic (exact) mass is 572 g/mol. The molecule has 1 heterocycles. The lowest BCUT2D eigenvalue weighted by atomic mass is 9.71. The van der Waals surface area contributed by atoms with Crippen LogP contribution in [0.15, 0.2) is 84.9 Å². The largest absolute Gasteiger partial charge is 0.493 e. The fourth-order valence-corrected chi connectivity index (χ4v) is 5.47. The van der Waals surface area contributed by atoms with Crippen LogP contribution in [-0.4, -0.2) is 26.2 Å². The molecule has 0 saturated heterocycles. The molecule has 4 aromatic carbocycles. The summed E-state index contributed by atoms with van der Waals surface area (Å²) in [5.74, 6) is 7.55. The number of nitrogens with one attached hydrogen (secondary N) is 1. The van der Waals surface area contributed by atoms with E-state index >= 15 is 0 Å². The van der Waals surface area contributed by atoms with Crippen LogP contribution in [0.2, 0.25) is 0 Å². The highest BCUT2D eigenvalue weighted by Gasteiger charge is 2.31. The van der Waals surface area contributed by atoms with Crippen LogP contribution >= 0.6 is 0 Å². The number of benzene rings is 4. The van der Waals surface area contributed by atoms with Gasteiger partial charge in [0.2, 0.25) is 0 Å². The second-order valence-electron chi connectivity index (χ2n) is 12.0. The minimum Gasteiger partial charge on any atom is -0.493 e. The zero-order valence-corrected chi connectivity index (χ0v) is 25.8. The number of hydrogen-bond donors (Lipinski definition) is 1. The molecule has 0 amide bonds. The molecule has 0 unspecified atom stereocenters. The van der Waals surface area contributed by atoms with Crippen LogP contribution in [0.5, 0.6) is 5.75 Å². The van der Waals surface area contributed by atoms with E-state index in [1.807, 2.05) is 26.8 Å². The van der Waals surface area contributed by atoms with Crippen LogP contribution in [0.3, 0.4) is 0 Å². The molecule has 0 fully saturated rings. The summed E-state index contributed by atoms with van der Waals surface area (Å²) in [5, 5.41) is 6.10. The number of unbranched alkanes of at least 4 members (excludes halogenated alkanes) is 1. The van der Waals surface area contributed by atoms with Gasteiger partial charge in [-0.15, -0.1) is 5.92 Å². The molecular formula is C37H41BN2O3. The van der Waals surface area contributed by atoms with Gasteiger partial charge in [-0.3, -0.25) is 4.79 Å². The van der Waals surface area contributed by atoms with Crippen molar-refractivity contribution in [3.63, 3.8) is 0 Å². The number of anilines is 2. The van der Waals surface area contributed by atoms with E-state index in [4.69, 9.17) is 9.47 Å². The lowest BCUT2D eigenvalue weighted by molar-refractivity contribution is -0.154. The molecule has 4 aromatic rings. The van der Waals surface area contributed by atoms with Crippen LogP contribution in [0.25, 0.3) is 10.8 Å². The van der Waals surface area contributed by atoms with Gasteiger partial charge in [-0.05, 0) is 87.2 Å². The van der Waals surface area contributed by atoms with Gasteiger partial charge in [-0.2, -0.15) is 0 Å². The number of esters is 1. The van der Waals surface area contributed by atoms with E-state index in [0.29, 0.717) is 32.5 Å². The molecule has 5 nitrogen and oxygen atoms in total. The van der Waals surface area contributed by atoms with Gasteiger partial charge >= 0.3 is 13.0 Å². The van der Waals surface area contributed by atoms with Gasteiger partial charge in [0.25, 0.3) is 0 Å². The number of aryl methyl sites for hydroxylation is 2. The number of hydrogen-bond acceptors (Lipinski definition) is 5. The second-order valence-corrected chi connectivity index (χ2v) is 12.0. The smallest absolute Gasteiger partial charge is 0.463 e. The third-order valence-electron chi connectivity index (χ3n) is 8.01. The average molecular weight is 573 g/mol. The number of carbonyl (C=O) groups excluding carboxylic acids is 1. The first-order chi connectivity index (χ1) is 20.8. The second kappa shape index (κ2) is 13.7. The van der Waals surface area contributed by atoms with Gasteiger partial charge < -0.3 is 19.5 Å². The molecule has 220 valence electrons. The Morgan fingerprint density at radius 3 is 2.53 bits per heavy atom. The molecule has 0 bridgehead atoms. The molecule has 0 atom stereocenters. The van der Waals surface area contributed by atoms with Crippen LogP contribution < -0.4 is 14.8 Å². The molecule has 5 rings (SSSR count). The normalized spacial score (nSPS) is 12.4. The maximum atomic E-state index is 12.8. The van der Waals surface area contributed by atoms with Gasteiger partial charge in [0.15, 0.2) is 0 Å². The first kappa shape index (κ1) is 30.1. The number of carbonyl (C=O) groups is 1. The molecule has 0 saturated carbocycles. The molecule has 43 heavy (non-hydrogen) atoms. The molecule has 1 aliphatic rings. The third kappa shape index (κ3) is 7.54. The zero-order chi connectivity index (χ0) is 30.2. The first-order valence-corrected chi connectivity index (χ1v) is 15.3. The summed E-state index contributed by atoms with van der Waals surface area (Å²) in [6.45, 7) is 9.53. The Kier molecular flexibility index (Phi) is 9.62. The highest BCUT2D eigenvalue weighted by molar-refractivity contribution is 6.75. The lowest BCUT2D eigenvalue weighted by Gasteiger charge is -2.35. The van der Waals surface area contributed by atoms with Crippen molar-refractivity contribution in [2.75, 3.05) is 23.3 Å². The highest BCUT2D eigenvalue weighted by atomic mass is 16.5. The van der Waals surface area contributed by atoms with Crippen LogP contribution in [0, 0.1) is 31.0 Å². The van der Waals surface area contributed by atoms with Crippen molar-refractivity contribution in [1.29, 1.82) is 0 Å². The maximum absolute atomic E-state index is 12.8. The maximum Gasteiger partial charge on any atom is 0.463 e. The van der Waals surface area contributed by atoms with E-state index in [1.165, 1.54) is 27.6 Å². The van der Waals surface area contributed by atoms with Crippen molar-refractivity contribution in [2.24, 2.45) is 5.41 Å². The van der Waals surface area contributed by atoms with Gasteiger partial charge in [0.1, 0.15) is 5.75 Å². The predicted octanol–water partition coefficient (Wildman–Crippen LogP) is 8.13. The molecular weight excluding hydrogens is 531 g/mol. The molecule has 0 aliphatic carbocycles. The Balaban J connectivity index is 1.12. The number of nitrogens with zero attached hydrogens (tertiary/aromatic N) is 1. The summed E-state index contributed by atoms with van der Waals surface area (Å²) in [5.41, 5.74) is 5.26. The van der Waals surface area contributed by atoms with Crippen molar-refractivity contribution < 1.29 is 14.3 Å². The quantitative estimate of drug-likeness (QED) is 0.0851. The van der Waals surface area contributed by atoms with E-state index in [0.717, 1.165) is 30.0 Å². The van der Waals surface area contributed by atoms with Crippen LogP contribution in [0.4, 0.5) is 11.4 Å². The van der Waals surface area contributed by atoms with Crippen LogP contribution in [-0.2, 0) is 16.1 Å². The molecule has 0 radical (unpaired) electrons. The summed E-state index contributed by atoms with van der Waals surface area (Å²) >= 11 is 0. The minimum atomic E-state index is -0.560. The topological polar surface area (TPSA) is 50.8 Å². The Morgan fingerprint density at radius 1 is 0.930 bits per heavy atom. The Labute approximate surface area is 256 Å². The highest BCUT2D eigenvalue weighted by Crippen LogP contribution is 2.38. The summed E-state index contributed by atoms with van der Waals surface area (Å²) in [7, 11) is 0. The third-order valence-corrected chi connectivity index (χ3v) is 8.01. The summed E-state index contributed by atoms with van der Waals surface area (Å²) < 4.78 is 11.6. The summed E-state index contributed by atoms with van der Waals surface area (Å²) in [6.07, 6.45) is 2.84. The van der Waals surface area contributed by atoms with E-state index in [-0.39, 0.29) is 13.0 Å². The van der Waals surface area contributed by atoms with Crippen molar-refractivity contribution in [3.8, 4) is 17.5 Å². The zero-order valence-electron chi connectivity index (χ0n) is 25.8. The van der Waals surface area contributed by atoms with Gasteiger partial charge in [-0.1, -0.05) is 72.5 Å². The molecule has 1 N–H and O–H groups in total. The molecule has 6 heteroatoms. The average Bonchev–Trinajstić information content (AvgIpc) is 3.01. The fraction of sp³-hybridized carbons (Fsp3) is 0.324. The number of ether oxygens (including phenoxy) is 2. The minimum absolute atomic E-state index is 0.159. The summed E-state index contributed by atoms with van der Waals surface area (Å²) in [6, 6.07) is 29.5. The molecule has 1 aliphatic heterocycles. The van der Waals surface area contributed by atoms with E-state index in [2.05, 4.69) is 108 Å². The van der Waals surface area contributed by atoms with Gasteiger partial charge in [-0.25, -0.2) is 0 Å². The number of rotatable bonds is 11.